The third-order valence-corrected chi connectivity index (χ3v) is 6.51. The molecular formula is C25H29NO3. The topological polar surface area (TPSA) is 42.1 Å². The van der Waals surface area contributed by atoms with Crippen molar-refractivity contribution in [1.29, 1.82) is 0 Å². The number of para-hydroxylation sites is 2. The molecule has 1 fully saturated rings. The highest BCUT2D eigenvalue weighted by Crippen LogP contribution is 2.64. The predicted octanol–water partition coefficient (Wildman–Crippen LogP) is 5.51. The number of carbonyl (C=O) groups is 1. The van der Waals surface area contributed by atoms with Crippen LogP contribution in [-0.4, -0.2) is 19.1 Å². The second kappa shape index (κ2) is 7.83. The van der Waals surface area contributed by atoms with E-state index in [1.807, 2.05) is 41.3 Å². The molecule has 2 bridgehead atoms. The van der Waals surface area contributed by atoms with Gasteiger partial charge in [-0.05, 0) is 25.0 Å². The zero-order chi connectivity index (χ0) is 19.7. The summed E-state index contributed by atoms with van der Waals surface area (Å²) in [6.07, 6.45) is 9.33. The highest BCUT2D eigenvalue weighted by molar-refractivity contribution is 6.09. The van der Waals surface area contributed by atoms with E-state index < -0.39 is 5.60 Å². The fourth-order valence-electron chi connectivity index (χ4n) is 4.92. The van der Waals surface area contributed by atoms with E-state index in [0.29, 0.717) is 6.61 Å². The highest BCUT2D eigenvalue weighted by atomic mass is 16.6. The molecule has 0 unspecified atom stereocenters. The van der Waals surface area contributed by atoms with Crippen LogP contribution in [0.2, 0.25) is 0 Å². The zero-order valence-electron chi connectivity index (χ0n) is 16.9. The molecule has 1 saturated heterocycles. The normalized spacial score (nSPS) is 27.2. The molecule has 0 aromatic heterocycles. The summed E-state index contributed by atoms with van der Waals surface area (Å²) in [6, 6.07) is 16.2. The zero-order valence-corrected chi connectivity index (χ0v) is 16.9. The Morgan fingerprint density at radius 3 is 2.38 bits per heavy atom. The van der Waals surface area contributed by atoms with Crippen LogP contribution in [0, 0.1) is 0 Å². The van der Waals surface area contributed by atoms with Crippen molar-refractivity contribution in [3.05, 3.63) is 59.7 Å². The Bertz CT molecular complexity index is 895. The number of ether oxygens (including phenoxy) is 2. The summed E-state index contributed by atoms with van der Waals surface area (Å²) in [5, 5.41) is 0. The van der Waals surface area contributed by atoms with Crippen LogP contribution >= 0.6 is 0 Å². The van der Waals surface area contributed by atoms with Crippen LogP contribution in [0.25, 0.3) is 0 Å². The third kappa shape index (κ3) is 3.24. The third-order valence-electron chi connectivity index (χ3n) is 6.51. The summed E-state index contributed by atoms with van der Waals surface area (Å²) in [7, 11) is 0. The quantitative estimate of drug-likeness (QED) is 0.556. The van der Waals surface area contributed by atoms with Crippen molar-refractivity contribution in [1.82, 2.24) is 0 Å². The maximum absolute atomic E-state index is 13.5. The first-order valence-corrected chi connectivity index (χ1v) is 11.1. The van der Waals surface area contributed by atoms with E-state index in [4.69, 9.17) is 9.47 Å². The minimum absolute atomic E-state index is 0.0859. The maximum Gasteiger partial charge on any atom is 0.267 e. The monoisotopic (exact) mass is 391 g/mol. The van der Waals surface area contributed by atoms with Crippen molar-refractivity contribution in [2.24, 2.45) is 0 Å². The highest BCUT2D eigenvalue weighted by Gasteiger charge is 2.70. The number of fused-ring (bicyclic) bond motifs is 5. The van der Waals surface area contributed by atoms with Crippen molar-refractivity contribution in [3.63, 3.8) is 0 Å². The first-order chi connectivity index (χ1) is 14.3. The number of amides is 1. The van der Waals surface area contributed by atoms with Crippen LogP contribution in [0.4, 0.5) is 5.69 Å². The summed E-state index contributed by atoms with van der Waals surface area (Å²) in [5.74, 6) is 0.935. The van der Waals surface area contributed by atoms with Crippen LogP contribution in [0.5, 0.6) is 5.75 Å². The molecule has 2 atom stereocenters. The first kappa shape index (κ1) is 18.7. The summed E-state index contributed by atoms with van der Waals surface area (Å²) in [4.78, 5) is 15.5. The van der Waals surface area contributed by atoms with Gasteiger partial charge < -0.3 is 14.4 Å². The lowest BCUT2D eigenvalue weighted by atomic mass is 9.92. The molecule has 5 rings (SSSR count). The van der Waals surface area contributed by atoms with E-state index >= 15 is 0 Å². The van der Waals surface area contributed by atoms with Crippen LogP contribution in [0.3, 0.4) is 0 Å². The largest absolute Gasteiger partial charge is 0.493 e. The Morgan fingerprint density at radius 2 is 1.52 bits per heavy atom. The van der Waals surface area contributed by atoms with Gasteiger partial charge >= 0.3 is 0 Å². The molecule has 0 aliphatic carbocycles. The van der Waals surface area contributed by atoms with E-state index in [-0.39, 0.29) is 12.0 Å². The molecule has 29 heavy (non-hydrogen) atoms. The standard InChI is InChI=1S/C25H29NO3/c27-24-25-20-14-8-9-15-21(20)26(24)17-11-5-3-1-2-4-6-12-18-28-22-16-10-7-13-19(22)23(25)29-25/h7-10,13-16,23H,1-6,11-12,17-18H2/t23-,25+/m0/s1. The van der Waals surface area contributed by atoms with Gasteiger partial charge in [0.05, 0.1) is 12.3 Å². The molecule has 2 aromatic rings. The van der Waals surface area contributed by atoms with Gasteiger partial charge in [0.2, 0.25) is 5.60 Å². The Balaban J connectivity index is 1.49. The van der Waals surface area contributed by atoms with Crippen molar-refractivity contribution in [2.45, 2.75) is 63.1 Å². The summed E-state index contributed by atoms with van der Waals surface area (Å²) in [6.45, 7) is 1.49. The van der Waals surface area contributed by atoms with E-state index in [1.54, 1.807) is 0 Å². The van der Waals surface area contributed by atoms with Gasteiger partial charge in [0.25, 0.3) is 5.91 Å². The predicted molar refractivity (Wildman–Crippen MR) is 113 cm³/mol. The Labute approximate surface area is 172 Å². The molecule has 0 N–H and O–H groups in total. The molecule has 3 aliphatic heterocycles. The lowest BCUT2D eigenvalue weighted by Crippen LogP contribution is -2.34. The fourth-order valence-corrected chi connectivity index (χ4v) is 4.92. The summed E-state index contributed by atoms with van der Waals surface area (Å²) in [5.41, 5.74) is 2.14. The number of hydrogen-bond acceptors (Lipinski definition) is 3. The van der Waals surface area contributed by atoms with Gasteiger partial charge in [0, 0.05) is 17.7 Å². The van der Waals surface area contributed by atoms with Crippen molar-refractivity contribution in [3.8, 4) is 5.75 Å². The molecule has 3 heterocycles. The second-order valence-electron chi connectivity index (χ2n) is 8.42. The number of anilines is 1. The number of nitrogens with zero attached hydrogens (tertiary/aromatic N) is 1. The van der Waals surface area contributed by atoms with Gasteiger partial charge in [-0.2, -0.15) is 0 Å². The van der Waals surface area contributed by atoms with Crippen LogP contribution in [-0.2, 0) is 15.1 Å². The average Bonchev–Trinajstić information content (AvgIpc) is 3.45. The molecule has 0 radical (unpaired) electrons. The molecule has 1 amide bonds. The maximum atomic E-state index is 13.5. The Morgan fingerprint density at radius 1 is 0.828 bits per heavy atom. The molecule has 0 saturated carbocycles. The Kier molecular flexibility index (Phi) is 5.04. The fraction of sp³-hybridized carbons (Fsp3) is 0.480. The van der Waals surface area contributed by atoms with Crippen molar-refractivity contribution < 1.29 is 14.3 Å². The SMILES string of the molecule is O=C1N2CCCCCCCCCCOc3ccccc3[C@@H]3O[C@@]13c1ccccc12. The molecule has 4 nitrogen and oxygen atoms in total. The Hall–Kier alpha value is -2.33. The van der Waals surface area contributed by atoms with Crippen molar-refractivity contribution in [2.75, 3.05) is 18.1 Å². The van der Waals surface area contributed by atoms with Crippen LogP contribution in [0.1, 0.15) is 68.6 Å². The van der Waals surface area contributed by atoms with Gasteiger partial charge in [-0.3, -0.25) is 4.79 Å². The lowest BCUT2D eigenvalue weighted by molar-refractivity contribution is -0.123. The molecule has 152 valence electrons. The number of rotatable bonds is 0. The molecule has 3 aliphatic rings. The van der Waals surface area contributed by atoms with Gasteiger partial charge in [-0.1, -0.05) is 74.9 Å². The van der Waals surface area contributed by atoms with Gasteiger partial charge in [-0.25, -0.2) is 0 Å². The lowest BCUT2D eigenvalue weighted by Gasteiger charge is -2.17. The second-order valence-corrected chi connectivity index (χ2v) is 8.42. The van der Waals surface area contributed by atoms with Crippen molar-refractivity contribution >= 4 is 11.6 Å². The molecule has 4 heteroatoms. The van der Waals surface area contributed by atoms with Gasteiger partial charge in [0.15, 0.2) is 0 Å². The van der Waals surface area contributed by atoms with Gasteiger partial charge in [0.1, 0.15) is 11.9 Å². The minimum atomic E-state index is -0.871. The van der Waals surface area contributed by atoms with E-state index in [1.165, 1.54) is 38.5 Å². The van der Waals surface area contributed by atoms with E-state index in [2.05, 4.69) is 12.1 Å². The number of hydrogen-bond donors (Lipinski definition) is 0. The van der Waals surface area contributed by atoms with E-state index in [9.17, 15) is 4.79 Å². The smallest absolute Gasteiger partial charge is 0.267 e. The summed E-state index contributed by atoms with van der Waals surface area (Å²) >= 11 is 0. The average molecular weight is 392 g/mol. The van der Waals surface area contributed by atoms with E-state index in [0.717, 1.165) is 42.0 Å². The molecule has 2 aromatic carbocycles. The number of carbonyl (C=O) groups excluding carboxylic acids is 1. The first-order valence-electron chi connectivity index (χ1n) is 11.1. The number of epoxide rings is 1. The van der Waals surface area contributed by atoms with Crippen LogP contribution < -0.4 is 9.64 Å². The minimum Gasteiger partial charge on any atom is -0.493 e. The van der Waals surface area contributed by atoms with Crippen LogP contribution in [0.15, 0.2) is 48.5 Å². The summed E-state index contributed by atoms with van der Waals surface area (Å²) < 4.78 is 12.4. The molecule has 1 spiro atoms. The van der Waals surface area contributed by atoms with Gasteiger partial charge in [-0.15, -0.1) is 0 Å². The number of benzene rings is 2. The molecular weight excluding hydrogens is 362 g/mol.